The number of halogens is 6. The van der Waals surface area contributed by atoms with Gasteiger partial charge in [0.25, 0.3) is 0 Å². The minimum Gasteiger partial charge on any atom is -0.320 e. The molecule has 2 aromatic carbocycles. The van der Waals surface area contributed by atoms with Gasteiger partial charge < -0.3 is 5.73 Å². The third-order valence-electron chi connectivity index (χ3n) is 2.95. The molecule has 0 saturated heterocycles. The lowest BCUT2D eigenvalue weighted by molar-refractivity contribution is -0.138. The summed E-state index contributed by atoms with van der Waals surface area (Å²) in [4.78, 5) is 0. The van der Waals surface area contributed by atoms with Gasteiger partial charge in [-0.3, -0.25) is 0 Å². The van der Waals surface area contributed by atoms with Gasteiger partial charge in [-0.15, -0.1) is 0 Å². The predicted octanol–water partition coefficient (Wildman–Crippen LogP) is 4.17. The lowest BCUT2D eigenvalue weighted by Gasteiger charge is -2.19. The molecule has 0 aromatic heterocycles. The molecule has 0 amide bonds. The van der Waals surface area contributed by atoms with Crippen LogP contribution in [0.3, 0.4) is 0 Å². The second-order valence-corrected chi connectivity index (χ2v) is 4.37. The predicted molar refractivity (Wildman–Crippen MR) is 63.8 cm³/mol. The van der Waals surface area contributed by atoms with Crippen molar-refractivity contribution in [3.63, 3.8) is 0 Å². The first-order chi connectivity index (χ1) is 9.70. The first-order valence-corrected chi connectivity index (χ1v) is 5.77. The van der Waals surface area contributed by atoms with Crippen LogP contribution in [0.15, 0.2) is 36.4 Å². The summed E-state index contributed by atoms with van der Waals surface area (Å²) in [5.41, 5.74) is 3.24. The van der Waals surface area contributed by atoms with E-state index in [1.807, 2.05) is 0 Å². The van der Waals surface area contributed by atoms with Crippen molar-refractivity contribution in [1.82, 2.24) is 0 Å². The summed E-state index contributed by atoms with van der Waals surface area (Å²) < 4.78 is 78.6. The molecule has 2 rings (SSSR count). The molecule has 0 heterocycles. The number of alkyl halides is 3. The van der Waals surface area contributed by atoms with E-state index in [4.69, 9.17) is 5.73 Å². The monoisotopic (exact) mass is 305 g/mol. The van der Waals surface area contributed by atoms with Crippen LogP contribution < -0.4 is 5.73 Å². The van der Waals surface area contributed by atoms with Gasteiger partial charge in [0, 0.05) is 5.56 Å². The molecule has 7 heteroatoms. The summed E-state index contributed by atoms with van der Waals surface area (Å²) in [5.74, 6) is -2.78. The standard InChI is InChI=1S/C14H9F6N/c15-7-1-3-11(14(18,19)20)9(5-7)13(21)10-6-8(16)2-4-12(10)17/h1-6,13H,21H2. The van der Waals surface area contributed by atoms with Crippen LogP contribution in [0.2, 0.25) is 0 Å². The molecule has 0 bridgehead atoms. The lowest BCUT2D eigenvalue weighted by atomic mass is 9.94. The fraction of sp³-hybridized carbons (Fsp3) is 0.143. The van der Waals surface area contributed by atoms with Gasteiger partial charge in [-0.25, -0.2) is 13.2 Å². The molecule has 0 saturated carbocycles. The van der Waals surface area contributed by atoms with Crippen molar-refractivity contribution in [3.8, 4) is 0 Å². The van der Waals surface area contributed by atoms with Gasteiger partial charge in [0.2, 0.25) is 0 Å². The van der Waals surface area contributed by atoms with Crippen molar-refractivity contribution >= 4 is 0 Å². The second kappa shape index (κ2) is 5.40. The fourth-order valence-corrected chi connectivity index (χ4v) is 1.97. The van der Waals surface area contributed by atoms with E-state index >= 15 is 0 Å². The molecular weight excluding hydrogens is 296 g/mol. The molecule has 2 aromatic rings. The Hall–Kier alpha value is -2.02. The van der Waals surface area contributed by atoms with Crippen molar-refractivity contribution in [2.75, 3.05) is 0 Å². The van der Waals surface area contributed by atoms with Crippen LogP contribution >= 0.6 is 0 Å². The van der Waals surface area contributed by atoms with E-state index in [-0.39, 0.29) is 0 Å². The number of rotatable bonds is 2. The Bertz CT molecular complexity index is 665. The molecule has 2 N–H and O–H groups in total. The van der Waals surface area contributed by atoms with Crippen LogP contribution in [-0.4, -0.2) is 0 Å². The zero-order valence-electron chi connectivity index (χ0n) is 10.4. The minimum absolute atomic E-state index is 0.480. The van der Waals surface area contributed by atoms with Crippen molar-refractivity contribution < 1.29 is 26.3 Å². The lowest BCUT2D eigenvalue weighted by Crippen LogP contribution is -2.20. The quantitative estimate of drug-likeness (QED) is 0.828. The maximum absolute atomic E-state index is 13.6. The Morgan fingerprint density at radius 2 is 1.33 bits per heavy atom. The molecule has 1 atom stereocenters. The number of hydrogen-bond acceptors (Lipinski definition) is 1. The highest BCUT2D eigenvalue weighted by molar-refractivity contribution is 5.39. The summed E-state index contributed by atoms with van der Waals surface area (Å²) in [6.07, 6.45) is -4.79. The van der Waals surface area contributed by atoms with Crippen molar-refractivity contribution in [2.45, 2.75) is 12.2 Å². The molecule has 0 spiro atoms. The van der Waals surface area contributed by atoms with Crippen LogP contribution in [0, 0.1) is 17.5 Å². The SMILES string of the molecule is NC(c1cc(F)ccc1F)c1cc(F)ccc1C(F)(F)F. The second-order valence-electron chi connectivity index (χ2n) is 4.37. The maximum Gasteiger partial charge on any atom is 0.416 e. The van der Waals surface area contributed by atoms with E-state index in [0.717, 1.165) is 12.1 Å². The average Bonchev–Trinajstić information content (AvgIpc) is 2.39. The van der Waals surface area contributed by atoms with Gasteiger partial charge in [0.05, 0.1) is 11.6 Å². The number of nitrogens with two attached hydrogens (primary N) is 1. The Morgan fingerprint density at radius 1 is 0.810 bits per heavy atom. The third-order valence-corrected chi connectivity index (χ3v) is 2.95. The highest BCUT2D eigenvalue weighted by Crippen LogP contribution is 2.36. The smallest absolute Gasteiger partial charge is 0.320 e. The molecule has 21 heavy (non-hydrogen) atoms. The van der Waals surface area contributed by atoms with Crippen molar-refractivity contribution in [3.05, 3.63) is 70.5 Å². The first-order valence-electron chi connectivity index (χ1n) is 5.77. The zero-order chi connectivity index (χ0) is 15.8. The summed E-state index contributed by atoms with van der Waals surface area (Å²) in [7, 11) is 0. The molecule has 0 aliphatic heterocycles. The molecule has 112 valence electrons. The summed E-state index contributed by atoms with van der Waals surface area (Å²) in [6, 6.07) is 2.30. The average molecular weight is 305 g/mol. The maximum atomic E-state index is 13.6. The van der Waals surface area contributed by atoms with E-state index in [9.17, 15) is 26.3 Å². The normalized spacial score (nSPS) is 13.3. The van der Waals surface area contributed by atoms with Crippen molar-refractivity contribution in [2.24, 2.45) is 5.73 Å². The highest BCUT2D eigenvalue weighted by atomic mass is 19.4. The third kappa shape index (κ3) is 3.18. The van der Waals surface area contributed by atoms with E-state index in [1.54, 1.807) is 0 Å². The summed E-state index contributed by atoms with van der Waals surface area (Å²) >= 11 is 0. The molecular formula is C14H9F6N. The van der Waals surface area contributed by atoms with E-state index < -0.39 is 46.4 Å². The molecule has 1 unspecified atom stereocenters. The van der Waals surface area contributed by atoms with Gasteiger partial charge in [-0.05, 0) is 42.0 Å². The molecule has 1 nitrogen and oxygen atoms in total. The Labute approximate surface area is 116 Å². The highest BCUT2D eigenvalue weighted by Gasteiger charge is 2.35. The summed E-state index contributed by atoms with van der Waals surface area (Å²) in [6.45, 7) is 0. The van der Waals surface area contributed by atoms with Crippen LogP contribution in [-0.2, 0) is 6.18 Å². The van der Waals surface area contributed by atoms with Crippen LogP contribution in [0.4, 0.5) is 26.3 Å². The van der Waals surface area contributed by atoms with Crippen LogP contribution in [0.1, 0.15) is 22.7 Å². The largest absolute Gasteiger partial charge is 0.416 e. The van der Waals surface area contributed by atoms with Crippen LogP contribution in [0.5, 0.6) is 0 Å². The molecule has 0 aliphatic carbocycles. The number of benzene rings is 2. The van der Waals surface area contributed by atoms with Gasteiger partial charge in [-0.1, -0.05) is 0 Å². The van der Waals surface area contributed by atoms with E-state index in [2.05, 4.69) is 0 Å². The number of hydrogen-bond donors (Lipinski definition) is 1. The Balaban J connectivity index is 2.60. The fourth-order valence-electron chi connectivity index (χ4n) is 1.97. The Kier molecular flexibility index (Phi) is 3.95. The Morgan fingerprint density at radius 3 is 1.90 bits per heavy atom. The summed E-state index contributed by atoms with van der Waals surface area (Å²) in [5, 5.41) is 0. The van der Waals surface area contributed by atoms with Gasteiger partial charge in [0.1, 0.15) is 17.5 Å². The van der Waals surface area contributed by atoms with Crippen LogP contribution in [0.25, 0.3) is 0 Å². The molecule has 0 fully saturated rings. The van der Waals surface area contributed by atoms with Gasteiger partial charge in [-0.2, -0.15) is 13.2 Å². The van der Waals surface area contributed by atoms with Crippen molar-refractivity contribution in [1.29, 1.82) is 0 Å². The minimum atomic E-state index is -4.79. The molecule has 0 aliphatic rings. The van der Waals surface area contributed by atoms with E-state index in [1.165, 1.54) is 0 Å². The topological polar surface area (TPSA) is 26.0 Å². The molecule has 0 radical (unpaired) electrons. The van der Waals surface area contributed by atoms with Gasteiger partial charge in [0.15, 0.2) is 0 Å². The zero-order valence-corrected chi connectivity index (χ0v) is 10.4. The van der Waals surface area contributed by atoms with E-state index in [0.29, 0.717) is 24.3 Å². The van der Waals surface area contributed by atoms with Gasteiger partial charge >= 0.3 is 6.18 Å². The first kappa shape index (κ1) is 15.4.